The molecule has 72 valence electrons. The van der Waals surface area contributed by atoms with Crippen LogP contribution in [-0.2, 0) is 10.3 Å². The molecular formula is C10H14ClNO. The molecule has 3 heteroatoms. The van der Waals surface area contributed by atoms with Gasteiger partial charge in [-0.25, -0.2) is 5.90 Å². The first-order valence-electron chi connectivity index (χ1n) is 4.14. The molecule has 1 aromatic carbocycles. The Hall–Kier alpha value is -0.570. The fourth-order valence-corrected chi connectivity index (χ4v) is 1.69. The first-order chi connectivity index (χ1) is 6.08. The van der Waals surface area contributed by atoms with Crippen molar-refractivity contribution >= 4 is 11.6 Å². The summed E-state index contributed by atoms with van der Waals surface area (Å²) in [4.78, 5) is 4.66. The first kappa shape index (κ1) is 10.5. The second-order valence-corrected chi connectivity index (χ2v) is 4.08. The average molecular weight is 200 g/mol. The molecule has 0 saturated heterocycles. The summed E-state index contributed by atoms with van der Waals surface area (Å²) in [5.41, 5.74) is 0.912. The van der Waals surface area contributed by atoms with Crippen molar-refractivity contribution < 1.29 is 4.84 Å². The minimum absolute atomic E-state index is 0.146. The minimum atomic E-state index is -0.146. The van der Waals surface area contributed by atoms with Crippen molar-refractivity contribution in [3.8, 4) is 0 Å². The van der Waals surface area contributed by atoms with Gasteiger partial charge in [0.2, 0.25) is 0 Å². The van der Waals surface area contributed by atoms with Crippen molar-refractivity contribution in [1.29, 1.82) is 0 Å². The van der Waals surface area contributed by atoms with Crippen LogP contribution in [0.4, 0.5) is 0 Å². The van der Waals surface area contributed by atoms with Crippen molar-refractivity contribution in [3.05, 3.63) is 34.9 Å². The smallest absolute Gasteiger partial charge is 0.0771 e. The van der Waals surface area contributed by atoms with E-state index in [0.29, 0.717) is 6.61 Å². The fraction of sp³-hybridized carbons (Fsp3) is 0.400. The maximum atomic E-state index is 6.05. The Morgan fingerprint density at radius 2 is 2.00 bits per heavy atom. The Morgan fingerprint density at radius 1 is 1.38 bits per heavy atom. The van der Waals surface area contributed by atoms with Gasteiger partial charge in [-0.05, 0) is 11.6 Å². The van der Waals surface area contributed by atoms with Gasteiger partial charge >= 0.3 is 0 Å². The van der Waals surface area contributed by atoms with Crippen molar-refractivity contribution in [2.24, 2.45) is 5.90 Å². The predicted molar refractivity (Wildman–Crippen MR) is 54.6 cm³/mol. The lowest BCUT2D eigenvalue weighted by atomic mass is 9.86. The molecule has 1 rings (SSSR count). The Bertz CT molecular complexity index is 286. The van der Waals surface area contributed by atoms with Crippen LogP contribution in [0.15, 0.2) is 24.3 Å². The SMILES string of the molecule is CC(C)(CON)c1ccccc1Cl. The molecule has 0 heterocycles. The third-order valence-corrected chi connectivity index (χ3v) is 2.38. The summed E-state index contributed by atoms with van der Waals surface area (Å²) >= 11 is 6.05. The molecule has 0 spiro atoms. The topological polar surface area (TPSA) is 35.2 Å². The Labute approximate surface area is 83.6 Å². The van der Waals surface area contributed by atoms with Gasteiger partial charge in [-0.3, -0.25) is 0 Å². The van der Waals surface area contributed by atoms with Crippen LogP contribution in [0, 0.1) is 0 Å². The van der Waals surface area contributed by atoms with E-state index in [4.69, 9.17) is 17.5 Å². The third kappa shape index (κ3) is 2.44. The van der Waals surface area contributed by atoms with Crippen molar-refractivity contribution in [2.75, 3.05) is 6.61 Å². The van der Waals surface area contributed by atoms with Crippen LogP contribution < -0.4 is 5.90 Å². The zero-order chi connectivity index (χ0) is 9.90. The molecule has 2 nitrogen and oxygen atoms in total. The lowest BCUT2D eigenvalue weighted by Crippen LogP contribution is -2.26. The van der Waals surface area contributed by atoms with Crippen LogP contribution in [0.25, 0.3) is 0 Å². The molecule has 0 atom stereocenters. The molecule has 0 aromatic heterocycles. The summed E-state index contributed by atoms with van der Waals surface area (Å²) in [6.07, 6.45) is 0. The molecule has 0 saturated carbocycles. The molecule has 0 aliphatic heterocycles. The molecule has 0 amide bonds. The van der Waals surface area contributed by atoms with Crippen LogP contribution in [0.3, 0.4) is 0 Å². The Balaban J connectivity index is 2.99. The summed E-state index contributed by atoms with van der Waals surface area (Å²) in [6, 6.07) is 7.72. The van der Waals surface area contributed by atoms with Gasteiger partial charge in [0.1, 0.15) is 0 Å². The van der Waals surface area contributed by atoms with Crippen molar-refractivity contribution in [1.82, 2.24) is 0 Å². The maximum absolute atomic E-state index is 6.05. The van der Waals surface area contributed by atoms with E-state index < -0.39 is 0 Å². The molecule has 0 fully saturated rings. The highest BCUT2D eigenvalue weighted by Gasteiger charge is 2.22. The van der Waals surface area contributed by atoms with Crippen LogP contribution in [-0.4, -0.2) is 6.61 Å². The van der Waals surface area contributed by atoms with Crippen LogP contribution in [0.2, 0.25) is 5.02 Å². The van der Waals surface area contributed by atoms with E-state index in [2.05, 4.69) is 4.84 Å². The van der Waals surface area contributed by atoms with Gasteiger partial charge in [0.15, 0.2) is 0 Å². The Kier molecular flexibility index (Phi) is 3.31. The van der Waals surface area contributed by atoms with Gasteiger partial charge in [0, 0.05) is 10.4 Å². The van der Waals surface area contributed by atoms with E-state index in [9.17, 15) is 0 Å². The fourth-order valence-electron chi connectivity index (χ4n) is 1.30. The zero-order valence-corrected chi connectivity index (χ0v) is 8.64. The second kappa shape index (κ2) is 4.09. The maximum Gasteiger partial charge on any atom is 0.0771 e. The van der Waals surface area contributed by atoms with Gasteiger partial charge in [-0.15, -0.1) is 0 Å². The molecule has 2 N–H and O–H groups in total. The highest BCUT2D eigenvalue weighted by molar-refractivity contribution is 6.31. The normalized spacial score (nSPS) is 11.7. The summed E-state index contributed by atoms with van der Waals surface area (Å²) in [7, 11) is 0. The molecule has 0 radical (unpaired) electrons. The van der Waals surface area contributed by atoms with Gasteiger partial charge in [-0.2, -0.15) is 0 Å². The second-order valence-electron chi connectivity index (χ2n) is 3.67. The number of hydrogen-bond acceptors (Lipinski definition) is 2. The molecule has 0 aliphatic rings. The van der Waals surface area contributed by atoms with Gasteiger partial charge < -0.3 is 4.84 Å². The standard InChI is InChI=1S/C10H14ClNO/c1-10(2,7-13-12)8-5-3-4-6-9(8)11/h3-6H,7,12H2,1-2H3. The number of nitrogens with two attached hydrogens (primary N) is 1. The molecule has 0 unspecified atom stereocenters. The number of halogens is 1. The summed E-state index contributed by atoms with van der Waals surface area (Å²) in [6.45, 7) is 4.54. The zero-order valence-electron chi connectivity index (χ0n) is 7.88. The Morgan fingerprint density at radius 3 is 2.54 bits per heavy atom. The van der Waals surface area contributed by atoms with E-state index in [0.717, 1.165) is 10.6 Å². The van der Waals surface area contributed by atoms with Crippen molar-refractivity contribution in [2.45, 2.75) is 19.3 Å². The third-order valence-electron chi connectivity index (χ3n) is 2.05. The summed E-state index contributed by atoms with van der Waals surface area (Å²) < 4.78 is 0. The molecular weight excluding hydrogens is 186 g/mol. The van der Waals surface area contributed by atoms with Crippen molar-refractivity contribution in [3.63, 3.8) is 0 Å². The number of benzene rings is 1. The number of rotatable bonds is 3. The highest BCUT2D eigenvalue weighted by atomic mass is 35.5. The molecule has 0 aliphatic carbocycles. The van der Waals surface area contributed by atoms with E-state index >= 15 is 0 Å². The largest absolute Gasteiger partial charge is 0.304 e. The van der Waals surface area contributed by atoms with E-state index in [1.807, 2.05) is 38.1 Å². The first-order valence-corrected chi connectivity index (χ1v) is 4.52. The van der Waals surface area contributed by atoms with Gasteiger partial charge in [0.05, 0.1) is 6.61 Å². The van der Waals surface area contributed by atoms with Crippen LogP contribution in [0.1, 0.15) is 19.4 Å². The van der Waals surface area contributed by atoms with Gasteiger partial charge in [-0.1, -0.05) is 43.6 Å². The highest BCUT2D eigenvalue weighted by Crippen LogP contribution is 2.29. The van der Waals surface area contributed by atoms with E-state index in [-0.39, 0.29) is 5.41 Å². The van der Waals surface area contributed by atoms with E-state index in [1.54, 1.807) is 0 Å². The summed E-state index contributed by atoms with van der Waals surface area (Å²) in [5, 5.41) is 0.754. The quantitative estimate of drug-likeness (QED) is 0.760. The molecule has 0 bridgehead atoms. The lowest BCUT2D eigenvalue weighted by molar-refractivity contribution is 0.0964. The average Bonchev–Trinajstić information content (AvgIpc) is 2.04. The van der Waals surface area contributed by atoms with Crippen LogP contribution >= 0.6 is 11.6 Å². The molecule has 13 heavy (non-hydrogen) atoms. The molecule has 1 aromatic rings. The predicted octanol–water partition coefficient (Wildman–Crippen LogP) is 2.51. The minimum Gasteiger partial charge on any atom is -0.304 e. The van der Waals surface area contributed by atoms with Crippen LogP contribution in [0.5, 0.6) is 0 Å². The summed E-state index contributed by atoms with van der Waals surface area (Å²) in [5.74, 6) is 5.06. The van der Waals surface area contributed by atoms with Gasteiger partial charge in [0.25, 0.3) is 0 Å². The van der Waals surface area contributed by atoms with E-state index in [1.165, 1.54) is 0 Å². The number of hydrogen-bond donors (Lipinski definition) is 1. The monoisotopic (exact) mass is 199 g/mol. The lowest BCUT2D eigenvalue weighted by Gasteiger charge is -2.24.